The van der Waals surface area contributed by atoms with Crippen LogP contribution < -0.4 is 0 Å². The van der Waals surface area contributed by atoms with Crippen molar-refractivity contribution in [2.75, 3.05) is 0 Å². The van der Waals surface area contributed by atoms with Crippen molar-refractivity contribution in [3.8, 4) is 39.9 Å². The summed E-state index contributed by atoms with van der Waals surface area (Å²) < 4.78 is 8.56. The first-order valence-corrected chi connectivity index (χ1v) is 17.3. The molecule has 11 aromatic rings. The van der Waals surface area contributed by atoms with E-state index < -0.39 is 0 Å². The van der Waals surface area contributed by atoms with Gasteiger partial charge in [0.05, 0.1) is 11.0 Å². The first kappa shape index (κ1) is 28.6. The van der Waals surface area contributed by atoms with Gasteiger partial charge in [-0.3, -0.25) is 4.98 Å². The molecule has 6 heteroatoms. The van der Waals surface area contributed by atoms with Crippen LogP contribution in [0.25, 0.3) is 105 Å². The predicted molar refractivity (Wildman–Crippen MR) is 211 cm³/mol. The molecule has 4 heterocycles. The van der Waals surface area contributed by atoms with Gasteiger partial charge in [-0.2, -0.15) is 0 Å². The van der Waals surface area contributed by atoms with Gasteiger partial charge in [0.25, 0.3) is 0 Å². The second kappa shape index (κ2) is 11.2. The third kappa shape index (κ3) is 4.44. The van der Waals surface area contributed by atoms with Gasteiger partial charge in [0, 0.05) is 56.3 Å². The summed E-state index contributed by atoms with van der Waals surface area (Å²) in [4.78, 5) is 19.7. The van der Waals surface area contributed by atoms with Crippen molar-refractivity contribution in [1.82, 2.24) is 24.5 Å². The summed E-state index contributed by atoms with van der Waals surface area (Å²) in [5.41, 5.74) is 7.55. The number of pyridine rings is 1. The molecule has 0 radical (unpaired) electrons. The highest BCUT2D eigenvalue weighted by molar-refractivity contribution is 6.10. The Morgan fingerprint density at radius 3 is 1.79 bits per heavy atom. The Labute approximate surface area is 297 Å². The van der Waals surface area contributed by atoms with Crippen LogP contribution in [-0.4, -0.2) is 24.5 Å². The van der Waals surface area contributed by atoms with Crippen molar-refractivity contribution >= 4 is 65.3 Å². The maximum atomic E-state index is 6.24. The van der Waals surface area contributed by atoms with Crippen molar-refractivity contribution in [3.05, 3.63) is 164 Å². The van der Waals surface area contributed by atoms with Crippen LogP contribution in [0.5, 0.6) is 0 Å². The third-order valence-electron chi connectivity index (χ3n) is 10.1. The SMILES string of the molecule is c1cc(-c2nc(-c3ccc4c(ccc5ccccc54)c3)nc(-c3ccc4c(c3)oc3ccncc34)n2)cc(-n2c3ccccc3c3ccccc32)c1. The largest absolute Gasteiger partial charge is 0.456 e. The van der Waals surface area contributed by atoms with Crippen LogP contribution in [0.3, 0.4) is 0 Å². The lowest BCUT2D eigenvalue weighted by Gasteiger charge is -2.12. The Kier molecular flexibility index (Phi) is 6.15. The topological polar surface area (TPSA) is 69.6 Å². The van der Waals surface area contributed by atoms with Crippen LogP contribution in [0.15, 0.2) is 168 Å². The maximum Gasteiger partial charge on any atom is 0.164 e. The summed E-state index contributed by atoms with van der Waals surface area (Å²) in [5.74, 6) is 1.77. The lowest BCUT2D eigenvalue weighted by Crippen LogP contribution is -2.01. The van der Waals surface area contributed by atoms with Gasteiger partial charge in [-0.25, -0.2) is 15.0 Å². The monoisotopic (exact) mass is 665 g/mol. The van der Waals surface area contributed by atoms with Crippen LogP contribution in [0.4, 0.5) is 0 Å². The highest BCUT2D eigenvalue weighted by Gasteiger charge is 2.17. The van der Waals surface area contributed by atoms with Crippen molar-refractivity contribution in [1.29, 1.82) is 0 Å². The molecule has 11 rings (SSSR count). The Morgan fingerprint density at radius 1 is 0.404 bits per heavy atom. The van der Waals surface area contributed by atoms with E-state index in [0.717, 1.165) is 60.7 Å². The lowest BCUT2D eigenvalue weighted by molar-refractivity contribution is 0.668. The second-order valence-corrected chi connectivity index (χ2v) is 13.1. The van der Waals surface area contributed by atoms with E-state index in [9.17, 15) is 0 Å². The molecule has 4 aromatic heterocycles. The van der Waals surface area contributed by atoms with Gasteiger partial charge >= 0.3 is 0 Å². The average Bonchev–Trinajstić information content (AvgIpc) is 3.76. The third-order valence-corrected chi connectivity index (χ3v) is 10.1. The van der Waals surface area contributed by atoms with E-state index in [0.29, 0.717) is 17.5 Å². The van der Waals surface area contributed by atoms with E-state index in [1.54, 1.807) is 6.20 Å². The van der Waals surface area contributed by atoms with E-state index in [-0.39, 0.29) is 0 Å². The Hall–Kier alpha value is -7.18. The molecular formula is C46H27N5O. The first-order chi connectivity index (χ1) is 25.7. The maximum absolute atomic E-state index is 6.24. The van der Waals surface area contributed by atoms with Crippen LogP contribution in [0.1, 0.15) is 0 Å². The van der Waals surface area contributed by atoms with Crippen LogP contribution >= 0.6 is 0 Å². The highest BCUT2D eigenvalue weighted by Crippen LogP contribution is 2.36. The van der Waals surface area contributed by atoms with E-state index in [1.165, 1.54) is 26.9 Å². The molecule has 0 N–H and O–H groups in total. The first-order valence-electron chi connectivity index (χ1n) is 17.3. The minimum absolute atomic E-state index is 0.571. The summed E-state index contributed by atoms with van der Waals surface area (Å²) in [7, 11) is 0. The number of furan rings is 1. The van der Waals surface area contributed by atoms with Crippen molar-refractivity contribution < 1.29 is 4.42 Å². The summed E-state index contributed by atoms with van der Waals surface area (Å²) in [6.07, 6.45) is 3.59. The Balaban J connectivity index is 1.11. The van der Waals surface area contributed by atoms with E-state index >= 15 is 0 Å². The quantitative estimate of drug-likeness (QED) is 0.175. The zero-order chi connectivity index (χ0) is 34.2. The van der Waals surface area contributed by atoms with E-state index in [2.05, 4.69) is 143 Å². The van der Waals surface area contributed by atoms with Crippen LogP contribution in [0, 0.1) is 0 Å². The van der Waals surface area contributed by atoms with Crippen molar-refractivity contribution in [2.24, 2.45) is 0 Å². The molecule has 0 aliphatic rings. The molecule has 52 heavy (non-hydrogen) atoms. The van der Waals surface area contributed by atoms with E-state index in [1.807, 2.05) is 24.4 Å². The lowest BCUT2D eigenvalue weighted by atomic mass is 10.00. The molecule has 0 aliphatic heterocycles. The fourth-order valence-corrected chi connectivity index (χ4v) is 7.66. The van der Waals surface area contributed by atoms with Crippen molar-refractivity contribution in [2.45, 2.75) is 0 Å². The van der Waals surface area contributed by atoms with Gasteiger partial charge in [0.2, 0.25) is 0 Å². The molecule has 0 fully saturated rings. The molecule has 0 spiro atoms. The summed E-state index contributed by atoms with van der Waals surface area (Å²) >= 11 is 0. The molecular weight excluding hydrogens is 639 g/mol. The van der Waals surface area contributed by atoms with Crippen LogP contribution in [0.2, 0.25) is 0 Å². The number of benzene rings is 7. The van der Waals surface area contributed by atoms with Gasteiger partial charge in [-0.05, 0) is 70.1 Å². The minimum atomic E-state index is 0.571. The van der Waals surface area contributed by atoms with E-state index in [4.69, 9.17) is 19.4 Å². The van der Waals surface area contributed by atoms with Gasteiger partial charge in [-0.1, -0.05) is 103 Å². The fourth-order valence-electron chi connectivity index (χ4n) is 7.66. The van der Waals surface area contributed by atoms with Crippen LogP contribution in [-0.2, 0) is 0 Å². The summed E-state index contributed by atoms with van der Waals surface area (Å²) in [6.45, 7) is 0. The molecule has 0 bridgehead atoms. The van der Waals surface area contributed by atoms with Crippen molar-refractivity contribution in [3.63, 3.8) is 0 Å². The predicted octanol–water partition coefficient (Wildman–Crippen LogP) is 11.6. The molecule has 242 valence electrons. The molecule has 0 saturated heterocycles. The number of aromatic nitrogens is 5. The fraction of sp³-hybridized carbons (Fsp3) is 0. The van der Waals surface area contributed by atoms with Gasteiger partial charge in [-0.15, -0.1) is 0 Å². The van der Waals surface area contributed by atoms with Gasteiger partial charge in [0.15, 0.2) is 17.5 Å². The number of hydrogen-bond acceptors (Lipinski definition) is 5. The molecule has 6 nitrogen and oxygen atoms in total. The highest BCUT2D eigenvalue weighted by atomic mass is 16.3. The molecule has 0 aliphatic carbocycles. The summed E-state index contributed by atoms with van der Waals surface area (Å²) in [6, 6.07) is 52.9. The normalized spacial score (nSPS) is 11.8. The Bertz CT molecular complexity index is 3160. The molecule has 0 saturated carbocycles. The number of fused-ring (bicyclic) bond motifs is 9. The van der Waals surface area contributed by atoms with Gasteiger partial charge in [0.1, 0.15) is 11.2 Å². The number of hydrogen-bond donors (Lipinski definition) is 0. The second-order valence-electron chi connectivity index (χ2n) is 13.1. The molecule has 0 unspecified atom stereocenters. The number of rotatable bonds is 4. The standard InChI is InChI=1S/C46H27N5O/c1-2-11-34-28(8-1)16-17-29-24-31(18-20-35(29)34)45-48-44(49-46(50-45)32-19-21-38-39-27-47-23-22-42(39)52-43(38)26-32)30-9-7-10-33(25-30)51-40-14-5-3-12-36(40)37-13-4-6-15-41(37)51/h1-27H. The molecule has 0 atom stereocenters. The number of nitrogens with zero attached hydrogens (tertiary/aromatic N) is 5. The number of para-hydroxylation sites is 2. The smallest absolute Gasteiger partial charge is 0.164 e. The van der Waals surface area contributed by atoms with Gasteiger partial charge < -0.3 is 8.98 Å². The minimum Gasteiger partial charge on any atom is -0.456 e. The summed E-state index contributed by atoms with van der Waals surface area (Å²) in [5, 5.41) is 9.18. The zero-order valence-electron chi connectivity index (χ0n) is 27.7. The Morgan fingerprint density at radius 2 is 1.02 bits per heavy atom. The molecule has 7 aromatic carbocycles. The molecule has 0 amide bonds. The zero-order valence-corrected chi connectivity index (χ0v) is 27.7. The average molecular weight is 666 g/mol.